The van der Waals surface area contributed by atoms with E-state index in [2.05, 4.69) is 5.32 Å². The van der Waals surface area contributed by atoms with Crippen LogP contribution in [-0.4, -0.2) is 54.8 Å². The maximum absolute atomic E-state index is 11.9. The third-order valence-electron chi connectivity index (χ3n) is 3.14. The van der Waals surface area contributed by atoms with Crippen LogP contribution in [0.1, 0.15) is 0 Å². The van der Waals surface area contributed by atoms with Gasteiger partial charge in [-0.05, 0) is 12.1 Å². The second kappa shape index (κ2) is 5.71. The van der Waals surface area contributed by atoms with Gasteiger partial charge in [-0.25, -0.2) is 0 Å². The van der Waals surface area contributed by atoms with Gasteiger partial charge >= 0.3 is 0 Å². The molecular weight excluding hydrogens is 244 g/mol. The van der Waals surface area contributed by atoms with Crippen molar-refractivity contribution >= 4 is 23.2 Å². The number of para-hydroxylation sites is 2. The SMILES string of the molecule is CN1CCN(CC(=O)Nc2ccccc2N)CC1=O. The number of likely N-dealkylation sites (N-methyl/N-ethyl adjacent to an activating group) is 1. The van der Waals surface area contributed by atoms with Crippen molar-refractivity contribution in [1.29, 1.82) is 0 Å². The van der Waals surface area contributed by atoms with E-state index in [1.807, 2.05) is 17.0 Å². The fourth-order valence-electron chi connectivity index (χ4n) is 1.95. The average Bonchev–Trinajstić information content (AvgIpc) is 2.37. The molecule has 0 spiro atoms. The Kier molecular flexibility index (Phi) is 4.01. The van der Waals surface area contributed by atoms with Crippen molar-refractivity contribution in [3.63, 3.8) is 0 Å². The number of hydrogen-bond donors (Lipinski definition) is 2. The van der Waals surface area contributed by atoms with Crippen LogP contribution >= 0.6 is 0 Å². The first-order chi connectivity index (χ1) is 9.06. The monoisotopic (exact) mass is 262 g/mol. The Morgan fingerprint density at radius 3 is 2.79 bits per heavy atom. The quantitative estimate of drug-likeness (QED) is 0.750. The summed E-state index contributed by atoms with van der Waals surface area (Å²) in [7, 11) is 1.77. The molecule has 2 rings (SSSR count). The first-order valence-corrected chi connectivity index (χ1v) is 6.17. The summed E-state index contributed by atoms with van der Waals surface area (Å²) in [5.74, 6) is -0.117. The standard InChI is InChI=1S/C13H18N4O2/c1-16-6-7-17(9-13(16)19)8-12(18)15-11-5-3-2-4-10(11)14/h2-5H,6-9,14H2,1H3,(H,15,18). The average molecular weight is 262 g/mol. The molecule has 1 fully saturated rings. The molecule has 0 bridgehead atoms. The van der Waals surface area contributed by atoms with Crippen LogP contribution in [0.15, 0.2) is 24.3 Å². The molecule has 19 heavy (non-hydrogen) atoms. The van der Waals surface area contributed by atoms with E-state index in [4.69, 9.17) is 5.73 Å². The summed E-state index contributed by atoms with van der Waals surface area (Å²) in [6.07, 6.45) is 0. The van der Waals surface area contributed by atoms with E-state index >= 15 is 0 Å². The molecule has 0 saturated carbocycles. The molecule has 1 aliphatic heterocycles. The van der Waals surface area contributed by atoms with E-state index in [-0.39, 0.29) is 24.9 Å². The van der Waals surface area contributed by atoms with Crippen LogP contribution in [0.5, 0.6) is 0 Å². The van der Waals surface area contributed by atoms with Gasteiger partial charge < -0.3 is 16.0 Å². The Hall–Kier alpha value is -2.08. The number of carbonyl (C=O) groups is 2. The number of hydrogen-bond acceptors (Lipinski definition) is 4. The second-order valence-electron chi connectivity index (χ2n) is 4.66. The Morgan fingerprint density at radius 1 is 1.37 bits per heavy atom. The van der Waals surface area contributed by atoms with Crippen molar-refractivity contribution in [3.8, 4) is 0 Å². The third kappa shape index (κ3) is 3.45. The summed E-state index contributed by atoms with van der Waals surface area (Å²) in [5.41, 5.74) is 6.89. The number of nitrogens with two attached hydrogens (primary N) is 1. The lowest BCUT2D eigenvalue weighted by atomic mass is 10.2. The van der Waals surface area contributed by atoms with Gasteiger partial charge in [0.05, 0.1) is 24.5 Å². The molecule has 0 unspecified atom stereocenters. The number of nitrogen functional groups attached to an aromatic ring is 1. The molecule has 0 aliphatic carbocycles. The second-order valence-corrected chi connectivity index (χ2v) is 4.66. The number of rotatable bonds is 3. The molecule has 2 amide bonds. The highest BCUT2D eigenvalue weighted by molar-refractivity contribution is 5.95. The van der Waals surface area contributed by atoms with Gasteiger partial charge in [-0.15, -0.1) is 0 Å². The number of piperazine rings is 1. The van der Waals surface area contributed by atoms with Crippen LogP contribution in [0.3, 0.4) is 0 Å². The van der Waals surface area contributed by atoms with Crippen LogP contribution in [0.4, 0.5) is 11.4 Å². The summed E-state index contributed by atoms with van der Waals surface area (Å²) in [4.78, 5) is 26.9. The van der Waals surface area contributed by atoms with E-state index in [1.165, 1.54) is 0 Å². The van der Waals surface area contributed by atoms with E-state index in [9.17, 15) is 9.59 Å². The highest BCUT2D eigenvalue weighted by Gasteiger charge is 2.22. The highest BCUT2D eigenvalue weighted by Crippen LogP contribution is 2.16. The zero-order valence-electron chi connectivity index (χ0n) is 10.9. The first kappa shape index (κ1) is 13.4. The minimum absolute atomic E-state index is 0.0401. The summed E-state index contributed by atoms with van der Waals surface area (Å²) < 4.78 is 0. The van der Waals surface area contributed by atoms with E-state index in [0.717, 1.165) is 0 Å². The van der Waals surface area contributed by atoms with Crippen molar-refractivity contribution < 1.29 is 9.59 Å². The molecule has 1 aromatic rings. The fourth-order valence-corrected chi connectivity index (χ4v) is 1.95. The van der Waals surface area contributed by atoms with Gasteiger partial charge in [-0.3, -0.25) is 14.5 Å². The first-order valence-electron chi connectivity index (χ1n) is 6.17. The third-order valence-corrected chi connectivity index (χ3v) is 3.14. The number of nitrogens with zero attached hydrogens (tertiary/aromatic N) is 2. The molecule has 1 saturated heterocycles. The molecular formula is C13H18N4O2. The molecule has 6 heteroatoms. The molecule has 0 atom stereocenters. The van der Waals surface area contributed by atoms with Crippen LogP contribution in [0, 0.1) is 0 Å². The maximum atomic E-state index is 11.9. The lowest BCUT2D eigenvalue weighted by molar-refractivity contribution is -0.135. The molecule has 1 aliphatic rings. The zero-order chi connectivity index (χ0) is 13.8. The van der Waals surface area contributed by atoms with Crippen molar-refractivity contribution in [2.75, 3.05) is 44.3 Å². The van der Waals surface area contributed by atoms with Crippen molar-refractivity contribution in [1.82, 2.24) is 9.80 Å². The van der Waals surface area contributed by atoms with Crippen LogP contribution in [0.2, 0.25) is 0 Å². The minimum Gasteiger partial charge on any atom is -0.397 e. The van der Waals surface area contributed by atoms with E-state index in [0.29, 0.717) is 24.5 Å². The number of benzene rings is 1. The van der Waals surface area contributed by atoms with Gasteiger partial charge in [-0.1, -0.05) is 12.1 Å². The van der Waals surface area contributed by atoms with Gasteiger partial charge in [0.1, 0.15) is 0 Å². The van der Waals surface area contributed by atoms with E-state index < -0.39 is 0 Å². The van der Waals surface area contributed by atoms with Gasteiger partial charge in [0, 0.05) is 20.1 Å². The van der Waals surface area contributed by atoms with Gasteiger partial charge in [0.25, 0.3) is 0 Å². The molecule has 6 nitrogen and oxygen atoms in total. The van der Waals surface area contributed by atoms with Crippen LogP contribution in [0.25, 0.3) is 0 Å². The number of nitrogens with one attached hydrogen (secondary N) is 1. The Bertz CT molecular complexity index is 489. The Morgan fingerprint density at radius 2 is 2.11 bits per heavy atom. The van der Waals surface area contributed by atoms with Crippen LogP contribution in [-0.2, 0) is 9.59 Å². The lowest BCUT2D eigenvalue weighted by Gasteiger charge is -2.31. The number of anilines is 2. The normalized spacial score (nSPS) is 16.5. The summed E-state index contributed by atoms with van der Waals surface area (Å²) in [5, 5.41) is 2.75. The molecule has 3 N–H and O–H groups in total. The zero-order valence-corrected chi connectivity index (χ0v) is 10.9. The molecule has 1 aromatic carbocycles. The largest absolute Gasteiger partial charge is 0.397 e. The Labute approximate surface area is 112 Å². The van der Waals surface area contributed by atoms with Gasteiger partial charge in [0.15, 0.2) is 0 Å². The van der Waals surface area contributed by atoms with Crippen molar-refractivity contribution in [2.24, 2.45) is 0 Å². The summed E-state index contributed by atoms with van der Waals surface area (Å²) >= 11 is 0. The number of amides is 2. The molecule has 1 heterocycles. The topological polar surface area (TPSA) is 78.7 Å². The van der Waals surface area contributed by atoms with E-state index in [1.54, 1.807) is 24.1 Å². The van der Waals surface area contributed by atoms with Crippen LogP contribution < -0.4 is 11.1 Å². The van der Waals surface area contributed by atoms with Gasteiger partial charge in [0.2, 0.25) is 11.8 Å². The van der Waals surface area contributed by atoms with Crippen molar-refractivity contribution in [2.45, 2.75) is 0 Å². The lowest BCUT2D eigenvalue weighted by Crippen LogP contribution is -2.50. The summed E-state index contributed by atoms with van der Waals surface area (Å²) in [6, 6.07) is 7.10. The fraction of sp³-hybridized carbons (Fsp3) is 0.385. The minimum atomic E-state index is -0.157. The smallest absolute Gasteiger partial charge is 0.238 e. The molecule has 0 radical (unpaired) electrons. The number of carbonyl (C=O) groups excluding carboxylic acids is 2. The highest BCUT2D eigenvalue weighted by atomic mass is 16.2. The maximum Gasteiger partial charge on any atom is 0.238 e. The predicted molar refractivity (Wildman–Crippen MR) is 73.6 cm³/mol. The van der Waals surface area contributed by atoms with Gasteiger partial charge in [-0.2, -0.15) is 0 Å². The van der Waals surface area contributed by atoms with Crippen molar-refractivity contribution in [3.05, 3.63) is 24.3 Å². The Balaban J connectivity index is 1.88. The molecule has 102 valence electrons. The molecule has 0 aromatic heterocycles. The predicted octanol–water partition coefficient (Wildman–Crippen LogP) is -0.0187. The summed E-state index contributed by atoms with van der Waals surface area (Å²) in [6.45, 7) is 1.85.